The quantitative estimate of drug-likeness (QED) is 0.0822. The summed E-state index contributed by atoms with van der Waals surface area (Å²) in [7, 11) is 0. The van der Waals surface area contributed by atoms with Crippen LogP contribution in [-0.4, -0.2) is 89.1 Å². The predicted octanol–water partition coefficient (Wildman–Crippen LogP) is 1.00. The van der Waals surface area contributed by atoms with Crippen molar-refractivity contribution in [2.75, 3.05) is 32.8 Å². The zero-order valence-electron chi connectivity index (χ0n) is 33.5. The number of nitrogens with zero attached hydrogens (tertiary/aromatic N) is 2. The van der Waals surface area contributed by atoms with Crippen molar-refractivity contribution >= 4 is 46.4 Å². The monoisotopic (exact) mass is 829 g/mol. The summed E-state index contributed by atoms with van der Waals surface area (Å²) in [6.07, 6.45) is 9.64. The van der Waals surface area contributed by atoms with Crippen LogP contribution in [0.15, 0.2) is 29.1 Å². The number of nitrogens with one attached hydrogen (secondary N) is 5. The maximum Gasteiger partial charge on any atom is 0.343 e. The molecule has 3 aromatic rings. The molecule has 2 aliphatic carbocycles. The van der Waals surface area contributed by atoms with Crippen LogP contribution in [0, 0.1) is 12.7 Å². The van der Waals surface area contributed by atoms with E-state index < -0.39 is 78.2 Å². The van der Waals surface area contributed by atoms with Gasteiger partial charge in [0.2, 0.25) is 29.5 Å². The third-order valence-electron chi connectivity index (χ3n) is 11.6. The second-order valence-corrected chi connectivity index (χ2v) is 15.5. The summed E-state index contributed by atoms with van der Waals surface area (Å²) in [5.74, 6) is -4.28. The first-order chi connectivity index (χ1) is 28.8. The van der Waals surface area contributed by atoms with E-state index in [4.69, 9.17) is 14.5 Å². The highest BCUT2D eigenvalue weighted by molar-refractivity contribution is 5.95. The van der Waals surface area contributed by atoms with E-state index in [1.54, 1.807) is 19.9 Å². The van der Waals surface area contributed by atoms with Gasteiger partial charge in [0, 0.05) is 22.6 Å². The molecule has 6 N–H and O–H groups in total. The van der Waals surface area contributed by atoms with Gasteiger partial charge in [0.05, 0.1) is 67.3 Å². The average Bonchev–Trinajstić information content (AvgIpc) is 3.59. The van der Waals surface area contributed by atoms with Gasteiger partial charge in [-0.15, -0.1) is 0 Å². The molecule has 0 spiro atoms. The number of ether oxygens (including phenoxy) is 2. The van der Waals surface area contributed by atoms with E-state index in [2.05, 4.69) is 26.6 Å². The van der Waals surface area contributed by atoms with Crippen LogP contribution >= 0.6 is 0 Å². The third kappa shape index (κ3) is 8.52. The first-order valence-electron chi connectivity index (χ1n) is 20.2. The summed E-state index contributed by atoms with van der Waals surface area (Å²) in [6, 6.07) is 2.26. The predicted molar refractivity (Wildman–Crippen MR) is 212 cm³/mol. The fourth-order valence-electron chi connectivity index (χ4n) is 8.35. The maximum absolute atomic E-state index is 15.2. The van der Waals surface area contributed by atoms with Crippen molar-refractivity contribution in [3.8, 4) is 11.4 Å². The molecule has 2 aliphatic heterocycles. The number of carbonyl (C=O) groups is 6. The summed E-state index contributed by atoms with van der Waals surface area (Å²) in [5, 5.41) is 24.5. The van der Waals surface area contributed by atoms with E-state index >= 15 is 4.39 Å². The van der Waals surface area contributed by atoms with Gasteiger partial charge < -0.3 is 45.7 Å². The minimum absolute atomic E-state index is 0.0360. The number of fused-ring (bicyclic) bond motifs is 5. The highest BCUT2D eigenvalue weighted by Crippen LogP contribution is 2.46. The molecule has 1 aromatic carbocycles. The maximum atomic E-state index is 15.2. The lowest BCUT2D eigenvalue weighted by molar-refractivity contribution is -0.172. The van der Waals surface area contributed by atoms with Crippen LogP contribution in [0.25, 0.3) is 22.3 Å². The van der Waals surface area contributed by atoms with Gasteiger partial charge in [0.1, 0.15) is 19.0 Å². The molecule has 4 aliphatic rings. The molecule has 5 amide bonds. The number of allylic oxidation sites excluding steroid dienone is 1. The van der Waals surface area contributed by atoms with Gasteiger partial charge in [-0.2, -0.15) is 0 Å². The Kier molecular flexibility index (Phi) is 12.4. The topological polar surface area (TPSA) is 236 Å². The van der Waals surface area contributed by atoms with E-state index in [9.17, 15) is 38.7 Å². The molecule has 1 unspecified atom stereocenters. The standard InChI is InChI=1S/C42H48FN7O10/c1-3-42(58)27-13-31-39-25(19-50(31)40(56)26(27)20-60-41(42)57)38-29(12-11-24-22(2)28(43)14-30(49-39)37(24)38)48-35(54)18-46-33(52)16-44-32(51)15-45-34(53)17-47-36(55)21-59-23-9-7-5-4-6-8-10-23/h7,9,13-14,23,29,58H,3-6,8,10-12,15-21H2,1-2H3,(H,44,51)(H,45,53)(H,46,52)(H,47,55)(H,48,54)/b9-7-/t23?,29-,42-/m0/s1. The van der Waals surface area contributed by atoms with Gasteiger partial charge in [0.25, 0.3) is 5.56 Å². The minimum Gasteiger partial charge on any atom is -0.458 e. The molecule has 0 saturated heterocycles. The van der Waals surface area contributed by atoms with Gasteiger partial charge in [-0.3, -0.25) is 28.8 Å². The summed E-state index contributed by atoms with van der Waals surface area (Å²) < 4.78 is 27.5. The van der Waals surface area contributed by atoms with Crippen LogP contribution < -0.4 is 32.1 Å². The van der Waals surface area contributed by atoms with Crippen molar-refractivity contribution in [3.63, 3.8) is 0 Å². The van der Waals surface area contributed by atoms with E-state index in [0.717, 1.165) is 37.7 Å². The van der Waals surface area contributed by atoms with Crippen LogP contribution in [0.2, 0.25) is 0 Å². The van der Waals surface area contributed by atoms with Crippen molar-refractivity contribution < 1.29 is 47.7 Å². The number of aryl methyl sites for hydroxylation is 1. The Balaban J connectivity index is 0.941. The Morgan fingerprint density at radius 3 is 2.30 bits per heavy atom. The molecule has 60 heavy (non-hydrogen) atoms. The number of hydrogen-bond donors (Lipinski definition) is 6. The number of aromatic nitrogens is 2. The fourth-order valence-corrected chi connectivity index (χ4v) is 8.35. The van der Waals surface area contributed by atoms with Gasteiger partial charge >= 0.3 is 5.97 Å². The lowest BCUT2D eigenvalue weighted by atomic mass is 9.81. The second kappa shape index (κ2) is 17.7. The minimum atomic E-state index is -2.03. The lowest BCUT2D eigenvalue weighted by Gasteiger charge is -2.31. The van der Waals surface area contributed by atoms with Crippen molar-refractivity contribution in [1.82, 2.24) is 36.1 Å². The second-order valence-electron chi connectivity index (χ2n) is 15.5. The molecule has 7 rings (SSSR count). The van der Waals surface area contributed by atoms with Crippen LogP contribution in [0.3, 0.4) is 0 Å². The normalized spacial score (nSPS) is 20.6. The third-order valence-corrected chi connectivity index (χ3v) is 11.6. The average molecular weight is 830 g/mol. The van der Waals surface area contributed by atoms with Crippen LogP contribution in [-0.2, 0) is 63.4 Å². The lowest BCUT2D eigenvalue weighted by Crippen LogP contribution is -2.46. The van der Waals surface area contributed by atoms with E-state index in [-0.39, 0.29) is 50.0 Å². The number of esters is 1. The Morgan fingerprint density at radius 2 is 1.60 bits per heavy atom. The first-order valence-corrected chi connectivity index (χ1v) is 20.2. The Hall–Kier alpha value is -6.01. The smallest absolute Gasteiger partial charge is 0.343 e. The van der Waals surface area contributed by atoms with Crippen molar-refractivity contribution in [2.24, 2.45) is 0 Å². The number of hydrogen-bond acceptors (Lipinski definition) is 11. The molecule has 0 bridgehead atoms. The van der Waals surface area contributed by atoms with Crippen LogP contribution in [0.4, 0.5) is 4.39 Å². The molecule has 4 heterocycles. The number of halogens is 1. The van der Waals surface area contributed by atoms with Crippen molar-refractivity contribution in [2.45, 2.75) is 96.1 Å². The number of cyclic esters (lactones) is 1. The molecule has 18 heteroatoms. The number of amides is 5. The van der Waals surface area contributed by atoms with Crippen molar-refractivity contribution in [3.05, 3.63) is 73.8 Å². The summed E-state index contributed by atoms with van der Waals surface area (Å²) in [5.41, 5.74) is 1.27. The molecule has 2 aromatic heterocycles. The van der Waals surface area contributed by atoms with Gasteiger partial charge in [-0.1, -0.05) is 31.9 Å². The summed E-state index contributed by atoms with van der Waals surface area (Å²) in [6.45, 7) is 1.10. The number of rotatable bonds is 13. The fraction of sp³-hybridized carbons (Fsp3) is 0.476. The zero-order chi connectivity index (χ0) is 42.7. The molecule has 3 atom stereocenters. The molecule has 17 nitrogen and oxygen atoms in total. The van der Waals surface area contributed by atoms with E-state index in [1.165, 1.54) is 10.6 Å². The summed E-state index contributed by atoms with van der Waals surface area (Å²) in [4.78, 5) is 93.8. The van der Waals surface area contributed by atoms with Crippen LogP contribution in [0.1, 0.15) is 91.3 Å². The number of pyridine rings is 2. The van der Waals surface area contributed by atoms with E-state index in [1.807, 2.05) is 12.2 Å². The SMILES string of the molecule is CC[C@@]1(O)C(=O)OCc2c1cc1n(c2=O)Cc2c-1nc1cc(F)c(C)c3c1c2[C@@H](NC(=O)CNC(=O)CNC(=O)CNC(=O)CNC(=O)COC1/C=C\CCCCC1)CC3. The molecular formula is C42H48FN7O10. The zero-order valence-corrected chi connectivity index (χ0v) is 33.5. The van der Waals surface area contributed by atoms with Gasteiger partial charge in [0.15, 0.2) is 5.60 Å². The molecule has 0 saturated carbocycles. The van der Waals surface area contributed by atoms with Crippen LogP contribution in [0.5, 0.6) is 0 Å². The molecule has 0 radical (unpaired) electrons. The molecular weight excluding hydrogens is 781 g/mol. The molecule has 0 fully saturated rings. The number of benzene rings is 1. The van der Waals surface area contributed by atoms with Crippen molar-refractivity contribution in [1.29, 1.82) is 0 Å². The number of carbonyl (C=O) groups excluding carboxylic acids is 6. The molecule has 318 valence electrons. The summed E-state index contributed by atoms with van der Waals surface area (Å²) >= 11 is 0. The number of aliphatic hydroxyl groups is 1. The Morgan fingerprint density at radius 1 is 0.917 bits per heavy atom. The Labute approximate surface area is 343 Å². The van der Waals surface area contributed by atoms with Gasteiger partial charge in [-0.25, -0.2) is 14.2 Å². The van der Waals surface area contributed by atoms with Gasteiger partial charge in [-0.05, 0) is 68.2 Å². The highest BCUT2D eigenvalue weighted by Gasteiger charge is 2.46. The first kappa shape index (κ1) is 42.1. The van der Waals surface area contributed by atoms with E-state index in [0.29, 0.717) is 51.8 Å². The largest absolute Gasteiger partial charge is 0.458 e. The Bertz CT molecular complexity index is 2380. The highest BCUT2D eigenvalue weighted by atomic mass is 19.1.